The first-order chi connectivity index (χ1) is 8.88. The first kappa shape index (κ1) is 16.0. The van der Waals surface area contributed by atoms with Crippen LogP contribution in [0.5, 0.6) is 0 Å². The number of rotatable bonds is 6. The summed E-state index contributed by atoms with van der Waals surface area (Å²) in [4.78, 5) is 0.364. The fraction of sp³-hybridized carbons (Fsp3) is 0.571. The van der Waals surface area contributed by atoms with Crippen LogP contribution in [0.3, 0.4) is 0 Å². The van der Waals surface area contributed by atoms with Crippen LogP contribution in [0.15, 0.2) is 17.0 Å². The summed E-state index contributed by atoms with van der Waals surface area (Å²) >= 11 is 0. The summed E-state index contributed by atoms with van der Waals surface area (Å²) in [6.45, 7) is 6.40. The van der Waals surface area contributed by atoms with Crippen LogP contribution in [0.1, 0.15) is 38.3 Å². The van der Waals surface area contributed by atoms with Crippen LogP contribution < -0.4 is 5.73 Å². The third kappa shape index (κ3) is 3.28. The first-order valence-electron chi connectivity index (χ1n) is 6.76. The number of nitrogen functional groups attached to an aromatic ring is 1. The van der Waals surface area contributed by atoms with E-state index in [1.807, 2.05) is 26.8 Å². The van der Waals surface area contributed by atoms with Crippen LogP contribution >= 0.6 is 0 Å². The second kappa shape index (κ2) is 6.39. The van der Waals surface area contributed by atoms with Crippen molar-refractivity contribution in [2.45, 2.75) is 44.9 Å². The number of anilines is 1. The predicted molar refractivity (Wildman–Crippen MR) is 79.7 cm³/mol. The van der Waals surface area contributed by atoms with Gasteiger partial charge in [-0.1, -0.05) is 20.8 Å². The van der Waals surface area contributed by atoms with Gasteiger partial charge in [0.05, 0.1) is 4.90 Å². The molecule has 0 heterocycles. The molecule has 0 saturated carbocycles. The minimum Gasteiger partial charge on any atom is -0.398 e. The van der Waals surface area contributed by atoms with Crippen molar-refractivity contribution in [2.75, 3.05) is 19.3 Å². The Morgan fingerprint density at radius 2 is 1.79 bits per heavy atom. The zero-order valence-corrected chi connectivity index (χ0v) is 13.0. The van der Waals surface area contributed by atoms with Crippen molar-refractivity contribution in [3.8, 4) is 0 Å². The molecule has 0 unspecified atom stereocenters. The quantitative estimate of drug-likeness (QED) is 0.816. The molecular weight excluding hydrogens is 260 g/mol. The maximum absolute atomic E-state index is 12.6. The Bertz CT molecular complexity index is 539. The zero-order chi connectivity index (χ0) is 14.6. The second-order valence-corrected chi connectivity index (χ2v) is 6.71. The average Bonchev–Trinajstić information content (AvgIpc) is 2.37. The van der Waals surface area contributed by atoms with Gasteiger partial charge in [0.1, 0.15) is 0 Å². The molecule has 0 radical (unpaired) electrons. The Balaban J connectivity index is 3.43. The third-order valence-electron chi connectivity index (χ3n) is 3.29. The van der Waals surface area contributed by atoms with Crippen molar-refractivity contribution in [1.29, 1.82) is 0 Å². The minimum absolute atomic E-state index is 0.364. The molecule has 0 fully saturated rings. The van der Waals surface area contributed by atoms with Crippen molar-refractivity contribution in [3.63, 3.8) is 0 Å². The SMILES string of the molecule is CCCN(C)S(=O)(=O)c1cc(CC)cc(N)c1CC. The number of hydrogen-bond donors (Lipinski definition) is 1. The number of nitrogens with zero attached hydrogens (tertiary/aromatic N) is 1. The normalized spacial score (nSPS) is 12.1. The molecule has 0 spiro atoms. The van der Waals surface area contributed by atoms with Crippen LogP contribution in [0.4, 0.5) is 5.69 Å². The molecule has 0 aliphatic rings. The molecule has 5 heteroatoms. The highest BCUT2D eigenvalue weighted by molar-refractivity contribution is 7.89. The molecule has 1 aromatic rings. The Morgan fingerprint density at radius 1 is 1.16 bits per heavy atom. The molecule has 4 nitrogen and oxygen atoms in total. The number of sulfonamides is 1. The van der Waals surface area contributed by atoms with E-state index in [1.54, 1.807) is 13.1 Å². The molecule has 0 aliphatic carbocycles. The lowest BCUT2D eigenvalue weighted by Gasteiger charge is -2.20. The number of hydrogen-bond acceptors (Lipinski definition) is 3. The lowest BCUT2D eigenvalue weighted by atomic mass is 10.1. The fourth-order valence-corrected chi connectivity index (χ4v) is 3.77. The molecule has 0 amide bonds. The number of nitrogens with two attached hydrogens (primary N) is 1. The van der Waals surface area contributed by atoms with Crippen LogP contribution in [0.2, 0.25) is 0 Å². The molecule has 19 heavy (non-hydrogen) atoms. The van der Waals surface area contributed by atoms with Gasteiger partial charge >= 0.3 is 0 Å². The molecule has 0 atom stereocenters. The standard InChI is InChI=1S/C14H24N2O2S/c1-5-8-16(4)19(17,18)14-10-11(6-2)9-13(15)12(14)7-3/h9-10H,5-8,15H2,1-4H3. The minimum atomic E-state index is -3.45. The van der Waals surface area contributed by atoms with Gasteiger partial charge in [-0.2, -0.15) is 0 Å². The Hall–Kier alpha value is -1.07. The highest BCUT2D eigenvalue weighted by Gasteiger charge is 2.24. The van der Waals surface area contributed by atoms with E-state index in [0.717, 1.165) is 24.0 Å². The maximum atomic E-state index is 12.6. The van der Waals surface area contributed by atoms with Crippen molar-refractivity contribution < 1.29 is 8.42 Å². The zero-order valence-electron chi connectivity index (χ0n) is 12.2. The molecular formula is C14H24N2O2S. The van der Waals surface area contributed by atoms with E-state index in [-0.39, 0.29) is 0 Å². The lowest BCUT2D eigenvalue weighted by molar-refractivity contribution is 0.467. The van der Waals surface area contributed by atoms with Gasteiger partial charge in [-0.05, 0) is 42.5 Å². The smallest absolute Gasteiger partial charge is 0.243 e. The van der Waals surface area contributed by atoms with Crippen molar-refractivity contribution >= 4 is 15.7 Å². The van der Waals surface area contributed by atoms with Crippen molar-refractivity contribution in [1.82, 2.24) is 4.31 Å². The van der Waals surface area contributed by atoms with Crippen LogP contribution in [-0.4, -0.2) is 26.3 Å². The summed E-state index contributed by atoms with van der Waals surface area (Å²) in [6, 6.07) is 3.63. The second-order valence-electron chi connectivity index (χ2n) is 4.70. The third-order valence-corrected chi connectivity index (χ3v) is 5.22. The van der Waals surface area contributed by atoms with Crippen LogP contribution in [-0.2, 0) is 22.9 Å². The molecule has 1 aromatic carbocycles. The highest BCUT2D eigenvalue weighted by Crippen LogP contribution is 2.27. The van der Waals surface area contributed by atoms with Crippen molar-refractivity contribution in [2.24, 2.45) is 0 Å². The van der Waals surface area contributed by atoms with E-state index in [1.165, 1.54) is 4.31 Å². The molecule has 1 rings (SSSR count). The van der Waals surface area contributed by atoms with Gasteiger partial charge in [0.2, 0.25) is 10.0 Å². The molecule has 2 N–H and O–H groups in total. The molecule has 0 saturated heterocycles. The highest BCUT2D eigenvalue weighted by atomic mass is 32.2. The van der Waals surface area contributed by atoms with Crippen LogP contribution in [0.25, 0.3) is 0 Å². The summed E-state index contributed by atoms with van der Waals surface area (Å²) in [7, 11) is -1.83. The summed E-state index contributed by atoms with van der Waals surface area (Å²) < 4.78 is 26.6. The van der Waals surface area contributed by atoms with Gasteiger partial charge in [0, 0.05) is 19.3 Å². The Morgan fingerprint density at radius 3 is 2.26 bits per heavy atom. The van der Waals surface area contributed by atoms with Gasteiger partial charge < -0.3 is 5.73 Å². The van der Waals surface area contributed by atoms with E-state index in [4.69, 9.17) is 5.73 Å². The van der Waals surface area contributed by atoms with E-state index in [0.29, 0.717) is 23.5 Å². The first-order valence-corrected chi connectivity index (χ1v) is 8.20. The van der Waals surface area contributed by atoms with Gasteiger partial charge in [0.15, 0.2) is 0 Å². The summed E-state index contributed by atoms with van der Waals surface area (Å²) in [5.41, 5.74) is 8.25. The van der Waals surface area contributed by atoms with Gasteiger partial charge in [0.25, 0.3) is 0 Å². The lowest BCUT2D eigenvalue weighted by Crippen LogP contribution is -2.28. The van der Waals surface area contributed by atoms with E-state index < -0.39 is 10.0 Å². The molecule has 108 valence electrons. The van der Waals surface area contributed by atoms with Gasteiger partial charge in [-0.25, -0.2) is 12.7 Å². The van der Waals surface area contributed by atoms with E-state index in [9.17, 15) is 8.42 Å². The summed E-state index contributed by atoms with van der Waals surface area (Å²) in [5, 5.41) is 0. The molecule has 0 aliphatic heterocycles. The number of aryl methyl sites for hydroxylation is 1. The largest absolute Gasteiger partial charge is 0.398 e. The van der Waals surface area contributed by atoms with E-state index >= 15 is 0 Å². The molecule has 0 aromatic heterocycles. The predicted octanol–water partition coefficient (Wildman–Crippen LogP) is 2.42. The Labute approximate surface area is 116 Å². The van der Waals surface area contributed by atoms with Gasteiger partial charge in [-0.15, -0.1) is 0 Å². The number of benzene rings is 1. The van der Waals surface area contributed by atoms with Crippen LogP contribution in [0, 0.1) is 0 Å². The molecule has 0 bridgehead atoms. The van der Waals surface area contributed by atoms with E-state index in [2.05, 4.69) is 0 Å². The fourth-order valence-electron chi connectivity index (χ4n) is 2.14. The monoisotopic (exact) mass is 284 g/mol. The maximum Gasteiger partial charge on any atom is 0.243 e. The average molecular weight is 284 g/mol. The van der Waals surface area contributed by atoms with Gasteiger partial charge in [-0.3, -0.25) is 0 Å². The summed E-state index contributed by atoms with van der Waals surface area (Å²) in [6.07, 6.45) is 2.18. The summed E-state index contributed by atoms with van der Waals surface area (Å²) in [5.74, 6) is 0. The van der Waals surface area contributed by atoms with Crippen molar-refractivity contribution in [3.05, 3.63) is 23.3 Å². The Kier molecular flexibility index (Phi) is 5.38. The topological polar surface area (TPSA) is 63.4 Å².